The van der Waals surface area contributed by atoms with Gasteiger partial charge in [0.2, 0.25) is 11.1 Å². The summed E-state index contributed by atoms with van der Waals surface area (Å²) in [5.41, 5.74) is 0.953. The fraction of sp³-hybridized carbons (Fsp3) is 0.429. The van der Waals surface area contributed by atoms with E-state index in [2.05, 4.69) is 14.3 Å². The van der Waals surface area contributed by atoms with E-state index in [-0.39, 0.29) is 5.92 Å². The first-order valence-electron chi connectivity index (χ1n) is 6.95. The van der Waals surface area contributed by atoms with Gasteiger partial charge in [-0.25, -0.2) is 0 Å². The van der Waals surface area contributed by atoms with Crippen LogP contribution < -0.4 is 9.80 Å². The van der Waals surface area contributed by atoms with Crippen molar-refractivity contribution >= 4 is 28.6 Å². The van der Waals surface area contributed by atoms with Crippen LogP contribution in [0.15, 0.2) is 24.5 Å². The predicted molar refractivity (Wildman–Crippen MR) is 84.6 cm³/mol. The molecule has 0 radical (unpaired) electrons. The summed E-state index contributed by atoms with van der Waals surface area (Å²) in [5.74, 6) is -0.681. The average molecular weight is 319 g/mol. The fourth-order valence-corrected chi connectivity index (χ4v) is 3.42. The third-order valence-corrected chi connectivity index (χ3v) is 4.59. The summed E-state index contributed by atoms with van der Waals surface area (Å²) in [7, 11) is 3.77. The topological polar surface area (TPSA) is 82.5 Å². The molecule has 1 aliphatic rings. The van der Waals surface area contributed by atoms with Crippen molar-refractivity contribution in [2.24, 2.45) is 5.92 Å². The predicted octanol–water partition coefficient (Wildman–Crippen LogP) is 1.30. The van der Waals surface area contributed by atoms with Gasteiger partial charge in [0.15, 0.2) is 0 Å². The van der Waals surface area contributed by atoms with Crippen LogP contribution in [-0.4, -0.2) is 52.6 Å². The smallest absolute Gasteiger partial charge is 0.308 e. The second kappa shape index (κ2) is 5.88. The van der Waals surface area contributed by atoms with Crippen LogP contribution in [0.3, 0.4) is 0 Å². The number of aromatic nitrogens is 3. The third-order valence-electron chi connectivity index (χ3n) is 3.82. The van der Waals surface area contributed by atoms with Gasteiger partial charge in [0.05, 0.1) is 5.92 Å². The Balaban J connectivity index is 1.85. The largest absolute Gasteiger partial charge is 0.481 e. The number of carboxylic acids is 1. The fourth-order valence-electron chi connectivity index (χ4n) is 2.66. The van der Waals surface area contributed by atoms with Crippen molar-refractivity contribution in [3.8, 4) is 0 Å². The molecule has 22 heavy (non-hydrogen) atoms. The maximum atomic E-state index is 11.6. The number of pyridine rings is 1. The number of carbonyl (C=O) groups is 1. The highest BCUT2D eigenvalue weighted by atomic mass is 32.1. The molecule has 0 aliphatic carbocycles. The van der Waals surface area contributed by atoms with Gasteiger partial charge < -0.3 is 14.9 Å². The Morgan fingerprint density at radius 2 is 2.27 bits per heavy atom. The van der Waals surface area contributed by atoms with Crippen molar-refractivity contribution in [2.45, 2.75) is 5.92 Å². The lowest BCUT2D eigenvalue weighted by Gasteiger charge is -2.14. The molecule has 2 aromatic rings. The van der Waals surface area contributed by atoms with E-state index in [4.69, 9.17) is 0 Å². The van der Waals surface area contributed by atoms with Gasteiger partial charge in [0.25, 0.3) is 0 Å². The van der Waals surface area contributed by atoms with E-state index < -0.39 is 11.9 Å². The molecule has 2 atom stereocenters. The van der Waals surface area contributed by atoms with Gasteiger partial charge in [0, 0.05) is 57.0 Å². The molecule has 3 heterocycles. The molecule has 0 bridgehead atoms. The van der Waals surface area contributed by atoms with E-state index in [1.165, 1.54) is 11.5 Å². The lowest BCUT2D eigenvalue weighted by Crippen LogP contribution is -2.23. The van der Waals surface area contributed by atoms with Gasteiger partial charge >= 0.3 is 5.97 Å². The molecule has 1 saturated heterocycles. The van der Waals surface area contributed by atoms with Crippen molar-refractivity contribution in [2.75, 3.05) is 37.0 Å². The molecule has 116 valence electrons. The zero-order valence-electron chi connectivity index (χ0n) is 12.4. The second-order valence-electron chi connectivity index (χ2n) is 5.51. The van der Waals surface area contributed by atoms with Crippen molar-refractivity contribution in [3.05, 3.63) is 30.1 Å². The molecule has 2 aromatic heterocycles. The summed E-state index contributed by atoms with van der Waals surface area (Å²) in [6.45, 7) is 1.06. The van der Waals surface area contributed by atoms with E-state index in [1.807, 2.05) is 36.0 Å². The zero-order chi connectivity index (χ0) is 15.7. The van der Waals surface area contributed by atoms with Crippen LogP contribution in [0, 0.1) is 5.92 Å². The maximum Gasteiger partial charge on any atom is 0.308 e. The van der Waals surface area contributed by atoms with Gasteiger partial charge in [0.1, 0.15) is 0 Å². The number of hydrogen-bond acceptors (Lipinski definition) is 7. The summed E-state index contributed by atoms with van der Waals surface area (Å²) >= 11 is 1.30. The standard InChI is InChI=1S/C14H17N5O2S/c1-18(2)13-16-14(22-17-13)19-7-10(11(8-19)12(20)21)9-4-3-5-15-6-9/h3-6,10-11H,7-8H2,1-2H3,(H,20,21)/t10-,11+/m0/s1. The Morgan fingerprint density at radius 3 is 2.86 bits per heavy atom. The van der Waals surface area contributed by atoms with E-state index in [0.717, 1.165) is 10.7 Å². The summed E-state index contributed by atoms with van der Waals surface area (Å²) in [6, 6.07) is 3.77. The van der Waals surface area contributed by atoms with Gasteiger partial charge in [-0.05, 0) is 11.6 Å². The number of anilines is 2. The normalized spacial score (nSPS) is 21.1. The Labute approximate surface area is 132 Å². The molecule has 1 fully saturated rings. The van der Waals surface area contributed by atoms with Gasteiger partial charge in [-0.2, -0.15) is 9.36 Å². The van der Waals surface area contributed by atoms with Crippen molar-refractivity contribution in [1.29, 1.82) is 0 Å². The van der Waals surface area contributed by atoms with Gasteiger partial charge in [-0.1, -0.05) is 6.07 Å². The Bertz CT molecular complexity index is 660. The van der Waals surface area contributed by atoms with Crippen molar-refractivity contribution in [3.63, 3.8) is 0 Å². The highest BCUT2D eigenvalue weighted by Crippen LogP contribution is 2.36. The average Bonchev–Trinajstić information content (AvgIpc) is 3.15. The Morgan fingerprint density at radius 1 is 1.45 bits per heavy atom. The summed E-state index contributed by atoms with van der Waals surface area (Å²) in [5, 5.41) is 10.3. The third kappa shape index (κ3) is 2.74. The summed E-state index contributed by atoms with van der Waals surface area (Å²) < 4.78 is 4.28. The van der Waals surface area contributed by atoms with Crippen LogP contribution >= 0.6 is 11.5 Å². The molecule has 0 unspecified atom stereocenters. The van der Waals surface area contributed by atoms with Gasteiger partial charge in [-0.3, -0.25) is 9.78 Å². The first-order valence-corrected chi connectivity index (χ1v) is 7.72. The molecule has 0 saturated carbocycles. The first kappa shape index (κ1) is 14.7. The number of aliphatic carboxylic acids is 1. The monoisotopic (exact) mass is 319 g/mol. The van der Waals surface area contributed by atoms with E-state index in [0.29, 0.717) is 19.0 Å². The van der Waals surface area contributed by atoms with Crippen LogP contribution in [-0.2, 0) is 4.79 Å². The lowest BCUT2D eigenvalue weighted by atomic mass is 9.90. The van der Waals surface area contributed by atoms with Crippen molar-refractivity contribution in [1.82, 2.24) is 14.3 Å². The van der Waals surface area contributed by atoms with E-state index in [1.54, 1.807) is 12.4 Å². The molecule has 8 heteroatoms. The second-order valence-corrected chi connectivity index (χ2v) is 6.24. The number of carboxylic acid groups (broad SMARTS) is 1. The highest BCUT2D eigenvalue weighted by molar-refractivity contribution is 7.09. The van der Waals surface area contributed by atoms with Crippen molar-refractivity contribution < 1.29 is 9.90 Å². The molecule has 7 nitrogen and oxygen atoms in total. The number of nitrogens with zero attached hydrogens (tertiary/aromatic N) is 5. The first-order chi connectivity index (χ1) is 10.6. The maximum absolute atomic E-state index is 11.6. The number of rotatable bonds is 4. The lowest BCUT2D eigenvalue weighted by molar-refractivity contribution is -0.141. The van der Waals surface area contributed by atoms with Crippen LogP contribution in [0.2, 0.25) is 0 Å². The van der Waals surface area contributed by atoms with Crippen LogP contribution in [0.1, 0.15) is 11.5 Å². The minimum Gasteiger partial charge on any atom is -0.481 e. The molecular weight excluding hydrogens is 302 g/mol. The highest BCUT2D eigenvalue weighted by Gasteiger charge is 2.39. The minimum absolute atomic E-state index is 0.0853. The van der Waals surface area contributed by atoms with E-state index in [9.17, 15) is 9.90 Å². The molecule has 0 amide bonds. The summed E-state index contributed by atoms with van der Waals surface area (Å²) in [4.78, 5) is 24.0. The molecule has 0 aromatic carbocycles. The molecule has 1 N–H and O–H groups in total. The zero-order valence-corrected chi connectivity index (χ0v) is 13.2. The van der Waals surface area contributed by atoms with Crippen LogP contribution in [0.25, 0.3) is 0 Å². The quantitative estimate of drug-likeness (QED) is 0.909. The molecular formula is C14H17N5O2S. The Kier molecular flexibility index (Phi) is 3.93. The SMILES string of the molecule is CN(C)c1nsc(N2C[C@@H](C(=O)O)[C@H](c3cccnc3)C2)n1. The minimum atomic E-state index is -0.784. The number of hydrogen-bond donors (Lipinski definition) is 1. The molecule has 3 rings (SSSR count). The molecule has 1 aliphatic heterocycles. The van der Waals surface area contributed by atoms with Crippen LogP contribution in [0.4, 0.5) is 11.1 Å². The summed E-state index contributed by atoms with van der Waals surface area (Å²) in [6.07, 6.45) is 3.44. The van der Waals surface area contributed by atoms with E-state index >= 15 is 0 Å². The van der Waals surface area contributed by atoms with Crippen LogP contribution in [0.5, 0.6) is 0 Å². The van der Waals surface area contributed by atoms with Gasteiger partial charge in [-0.15, -0.1) is 0 Å². The molecule has 0 spiro atoms. The Hall–Kier alpha value is -2.22.